The molecule has 1 saturated heterocycles. The van der Waals surface area contributed by atoms with Crippen molar-refractivity contribution in [2.75, 3.05) is 12.4 Å². The van der Waals surface area contributed by atoms with E-state index in [9.17, 15) is 4.21 Å². The second-order valence-corrected chi connectivity index (χ2v) is 15.4. The highest BCUT2D eigenvalue weighted by Gasteiger charge is 2.45. The third-order valence-corrected chi connectivity index (χ3v) is 11.2. The third-order valence-electron chi connectivity index (χ3n) is 5.30. The van der Waals surface area contributed by atoms with Crippen LogP contribution in [0.3, 0.4) is 0 Å². The first-order valence-corrected chi connectivity index (χ1v) is 13.5. The van der Waals surface area contributed by atoms with Crippen LogP contribution in [0, 0.1) is 6.92 Å². The molecule has 0 N–H and O–H groups in total. The van der Waals surface area contributed by atoms with E-state index < -0.39 is 24.9 Å². The van der Waals surface area contributed by atoms with Crippen LogP contribution in [0.25, 0.3) is 0 Å². The smallest absolute Gasteiger partial charge is 0.192 e. The lowest BCUT2D eigenvalue weighted by Gasteiger charge is -2.40. The summed E-state index contributed by atoms with van der Waals surface area (Å²) in [4.78, 5) is 0.831. The molecule has 1 unspecified atom stereocenters. The molecule has 0 amide bonds. The molecule has 0 aromatic heterocycles. The van der Waals surface area contributed by atoms with Crippen molar-refractivity contribution < 1.29 is 18.1 Å². The molecule has 1 fully saturated rings. The predicted octanol–water partition coefficient (Wildman–Crippen LogP) is 4.64. The molecule has 2 rings (SSSR count). The van der Waals surface area contributed by atoms with Crippen LogP contribution < -0.4 is 0 Å². The molecule has 1 heterocycles. The van der Waals surface area contributed by atoms with Crippen molar-refractivity contribution in [2.45, 2.75) is 82.6 Å². The molecular formula is C20H34O4SSi. The van der Waals surface area contributed by atoms with Gasteiger partial charge in [-0.3, -0.25) is 4.21 Å². The Morgan fingerprint density at radius 1 is 1.27 bits per heavy atom. The average Bonchev–Trinajstić information content (AvgIpc) is 2.86. The summed E-state index contributed by atoms with van der Waals surface area (Å²) in [7, 11) is -3.17. The van der Waals surface area contributed by atoms with Gasteiger partial charge in [-0.05, 0) is 51.0 Å². The van der Waals surface area contributed by atoms with Gasteiger partial charge in [0.2, 0.25) is 0 Å². The molecule has 1 aromatic carbocycles. The molecule has 26 heavy (non-hydrogen) atoms. The van der Waals surface area contributed by atoms with Crippen molar-refractivity contribution in [1.82, 2.24) is 0 Å². The van der Waals surface area contributed by atoms with Gasteiger partial charge in [-0.15, -0.1) is 0 Å². The zero-order chi connectivity index (χ0) is 19.8. The normalized spacial score (nSPS) is 23.0. The fourth-order valence-electron chi connectivity index (χ4n) is 2.61. The van der Waals surface area contributed by atoms with Crippen LogP contribution in [0.15, 0.2) is 29.2 Å². The Bertz CT molecular complexity index is 634. The van der Waals surface area contributed by atoms with Crippen LogP contribution in [-0.2, 0) is 24.7 Å². The van der Waals surface area contributed by atoms with Crippen LogP contribution >= 0.6 is 0 Å². The summed E-state index contributed by atoms with van der Waals surface area (Å²) >= 11 is 0. The maximum Gasteiger partial charge on any atom is 0.192 e. The molecule has 1 aromatic rings. The molecular weight excluding hydrogens is 364 g/mol. The third kappa shape index (κ3) is 5.49. The van der Waals surface area contributed by atoms with Crippen LogP contribution in [0.1, 0.15) is 40.2 Å². The molecule has 1 aliphatic rings. The van der Waals surface area contributed by atoms with Crippen molar-refractivity contribution in [3.05, 3.63) is 29.8 Å². The quantitative estimate of drug-likeness (QED) is 0.655. The molecule has 6 heteroatoms. The van der Waals surface area contributed by atoms with Crippen LogP contribution in [-0.4, -0.2) is 42.9 Å². The summed E-state index contributed by atoms with van der Waals surface area (Å²) in [5, 5.41) is 0.0750. The summed E-state index contributed by atoms with van der Waals surface area (Å²) in [5.41, 5.74) is 1.16. The molecule has 0 radical (unpaired) electrons. The molecule has 148 valence electrons. The lowest BCUT2D eigenvalue weighted by atomic mass is 10.2. The van der Waals surface area contributed by atoms with E-state index in [4.69, 9.17) is 13.9 Å². The maximum absolute atomic E-state index is 13.0. The van der Waals surface area contributed by atoms with Crippen molar-refractivity contribution in [1.29, 1.82) is 0 Å². The van der Waals surface area contributed by atoms with Gasteiger partial charge in [0.05, 0.1) is 29.3 Å². The van der Waals surface area contributed by atoms with Crippen molar-refractivity contribution in [2.24, 2.45) is 0 Å². The van der Waals surface area contributed by atoms with E-state index in [1.54, 1.807) is 0 Å². The van der Waals surface area contributed by atoms with Gasteiger partial charge in [0.1, 0.15) is 6.10 Å². The lowest BCUT2D eigenvalue weighted by molar-refractivity contribution is -0.148. The Morgan fingerprint density at radius 2 is 1.85 bits per heavy atom. The fourth-order valence-corrected chi connectivity index (χ4v) is 5.29. The topological polar surface area (TPSA) is 44.8 Å². The molecule has 3 atom stereocenters. The van der Waals surface area contributed by atoms with Crippen molar-refractivity contribution in [3.63, 3.8) is 0 Å². The SMILES string of the molecule is Cc1ccc(S(=O)C[C@H](O[Si](C)(C)C(C)(C)C)[C@H]2COC(C)(C)O2)cc1. The zero-order valence-corrected chi connectivity index (χ0v) is 19.2. The van der Waals surface area contributed by atoms with Gasteiger partial charge in [-0.25, -0.2) is 0 Å². The van der Waals surface area contributed by atoms with Crippen molar-refractivity contribution in [3.8, 4) is 0 Å². The highest BCUT2D eigenvalue weighted by atomic mass is 32.2. The monoisotopic (exact) mass is 398 g/mol. The Labute approximate surface area is 162 Å². The summed E-state index contributed by atoms with van der Waals surface area (Å²) in [6.45, 7) is 17.4. The number of aryl methyl sites for hydroxylation is 1. The Morgan fingerprint density at radius 3 is 2.31 bits per heavy atom. The molecule has 4 nitrogen and oxygen atoms in total. The standard InChI is InChI=1S/C20H34O4SSi/c1-15-9-11-16(12-10-15)25(21)14-18(17-13-22-20(5,6)23-17)24-26(7,8)19(2,3)4/h9-12,17-18H,13-14H2,1-8H3/t17-,18+,25?/m1/s1. The van der Waals surface area contributed by atoms with Gasteiger partial charge < -0.3 is 13.9 Å². The number of benzene rings is 1. The first-order valence-electron chi connectivity index (χ1n) is 9.25. The number of hydrogen-bond donors (Lipinski definition) is 0. The van der Waals surface area contributed by atoms with E-state index in [1.807, 2.05) is 45.0 Å². The van der Waals surface area contributed by atoms with Gasteiger partial charge in [-0.1, -0.05) is 38.5 Å². The number of hydrogen-bond acceptors (Lipinski definition) is 4. The Kier molecular flexibility index (Phi) is 6.56. The molecule has 0 saturated carbocycles. The Balaban J connectivity index is 2.20. The first kappa shape index (κ1) is 21.8. The van der Waals surface area contributed by atoms with Gasteiger partial charge in [-0.2, -0.15) is 0 Å². The maximum atomic E-state index is 13.0. The van der Waals surface area contributed by atoms with Gasteiger partial charge >= 0.3 is 0 Å². The first-order chi connectivity index (χ1) is 11.8. The van der Waals surface area contributed by atoms with Crippen LogP contribution in [0.2, 0.25) is 18.1 Å². The average molecular weight is 399 g/mol. The Hall–Kier alpha value is -0.533. The second-order valence-electron chi connectivity index (χ2n) is 9.11. The number of ether oxygens (including phenoxy) is 2. The molecule has 1 aliphatic heterocycles. The summed E-state index contributed by atoms with van der Waals surface area (Å²) in [5.74, 6) is -0.204. The zero-order valence-electron chi connectivity index (χ0n) is 17.4. The minimum atomic E-state index is -2.03. The number of rotatable bonds is 6. The highest BCUT2D eigenvalue weighted by molar-refractivity contribution is 7.85. The van der Waals surface area contributed by atoms with Gasteiger partial charge in [0.25, 0.3) is 0 Å². The highest BCUT2D eigenvalue weighted by Crippen LogP contribution is 2.39. The minimum absolute atomic E-state index is 0.0750. The van der Waals surface area contributed by atoms with Gasteiger partial charge in [0.15, 0.2) is 14.1 Å². The van der Waals surface area contributed by atoms with Crippen molar-refractivity contribution >= 4 is 19.1 Å². The van der Waals surface area contributed by atoms with Gasteiger partial charge in [0, 0.05) is 4.90 Å². The van der Waals surface area contributed by atoms with E-state index >= 15 is 0 Å². The molecule has 0 bridgehead atoms. The predicted molar refractivity (Wildman–Crippen MR) is 109 cm³/mol. The summed E-state index contributed by atoms with van der Waals surface area (Å²) < 4.78 is 31.4. The second kappa shape index (κ2) is 7.84. The largest absolute Gasteiger partial charge is 0.410 e. The lowest BCUT2D eigenvalue weighted by Crippen LogP contribution is -2.49. The van der Waals surface area contributed by atoms with E-state index in [0.29, 0.717) is 12.4 Å². The fraction of sp³-hybridized carbons (Fsp3) is 0.700. The summed E-state index contributed by atoms with van der Waals surface area (Å²) in [6, 6.07) is 7.86. The van der Waals surface area contributed by atoms with Crippen LogP contribution in [0.4, 0.5) is 0 Å². The van der Waals surface area contributed by atoms with E-state index in [0.717, 1.165) is 10.5 Å². The van der Waals surface area contributed by atoms with E-state index in [-0.39, 0.29) is 17.2 Å². The minimum Gasteiger partial charge on any atom is -0.410 e. The summed E-state index contributed by atoms with van der Waals surface area (Å²) in [6.07, 6.45) is -0.451. The van der Waals surface area contributed by atoms with E-state index in [1.165, 1.54) is 0 Å². The van der Waals surface area contributed by atoms with E-state index in [2.05, 4.69) is 33.9 Å². The molecule has 0 spiro atoms. The van der Waals surface area contributed by atoms with Crippen LogP contribution in [0.5, 0.6) is 0 Å². The molecule has 0 aliphatic carbocycles.